The van der Waals surface area contributed by atoms with Gasteiger partial charge in [-0.25, -0.2) is 0 Å². The van der Waals surface area contributed by atoms with Crippen LogP contribution in [0, 0.1) is 11.3 Å². The molecule has 0 aliphatic heterocycles. The predicted molar refractivity (Wildman–Crippen MR) is 109 cm³/mol. The van der Waals surface area contributed by atoms with Gasteiger partial charge in [0.1, 0.15) is 11.8 Å². The number of carbonyl (C=O) groups excluding carboxylic acids is 1. The van der Waals surface area contributed by atoms with Crippen molar-refractivity contribution in [1.82, 2.24) is 10.3 Å². The zero-order chi connectivity index (χ0) is 22.1. The molecule has 0 fully saturated rings. The van der Waals surface area contributed by atoms with E-state index < -0.39 is 17.6 Å². The summed E-state index contributed by atoms with van der Waals surface area (Å²) in [4.78, 5) is 15.9. The molecule has 0 spiro atoms. The molecule has 0 saturated carbocycles. The Hall–Kier alpha value is -3.19. The summed E-state index contributed by atoms with van der Waals surface area (Å²) in [5, 5.41) is 13.5. The van der Waals surface area contributed by atoms with Crippen molar-refractivity contribution >= 4 is 28.9 Å². The average Bonchev–Trinajstić information content (AvgIpc) is 2.71. The first-order valence-electron chi connectivity index (χ1n) is 9.06. The Labute approximate surface area is 177 Å². The number of hydrogen-bond acceptors (Lipinski definition) is 5. The van der Waals surface area contributed by atoms with Crippen LogP contribution in [0.25, 0.3) is 0 Å². The summed E-state index contributed by atoms with van der Waals surface area (Å²) in [6.45, 7) is 2.17. The number of halogens is 3. The summed E-state index contributed by atoms with van der Waals surface area (Å²) < 4.78 is 45.5. The predicted octanol–water partition coefficient (Wildman–Crippen LogP) is 4.67. The summed E-state index contributed by atoms with van der Waals surface area (Å²) in [6, 6.07) is 6.62. The molecule has 158 valence electrons. The molecular formula is C20H19F3N4O2S. The van der Waals surface area contributed by atoms with E-state index in [4.69, 9.17) is 22.2 Å². The molecule has 0 aliphatic rings. The molecule has 30 heavy (non-hydrogen) atoms. The number of alkyl halides is 3. The highest BCUT2D eigenvalue weighted by Crippen LogP contribution is 2.38. The van der Waals surface area contributed by atoms with E-state index in [0.29, 0.717) is 6.42 Å². The molecule has 0 atom stereocenters. The average molecular weight is 436 g/mol. The van der Waals surface area contributed by atoms with E-state index in [-0.39, 0.29) is 34.3 Å². The van der Waals surface area contributed by atoms with Crippen LogP contribution in [0.5, 0.6) is 5.75 Å². The number of carbonyl (C=O) groups is 1. The fraction of sp³-hybridized carbons (Fsp3) is 0.300. The number of benzene rings is 1. The van der Waals surface area contributed by atoms with Crippen LogP contribution >= 0.6 is 12.2 Å². The fourth-order valence-electron chi connectivity index (χ4n) is 2.45. The summed E-state index contributed by atoms with van der Waals surface area (Å²) in [6.07, 6.45) is 0.362. The van der Waals surface area contributed by atoms with Gasteiger partial charge in [0.25, 0.3) is 5.91 Å². The minimum absolute atomic E-state index is 0.0393. The zero-order valence-corrected chi connectivity index (χ0v) is 16.9. The first-order chi connectivity index (χ1) is 14.2. The number of nitrogens with zero attached hydrogens (tertiary/aromatic N) is 2. The van der Waals surface area contributed by atoms with E-state index >= 15 is 0 Å². The van der Waals surface area contributed by atoms with E-state index in [2.05, 4.69) is 15.6 Å². The highest BCUT2D eigenvalue weighted by molar-refractivity contribution is 7.80. The number of thiocarbonyl (C=S) groups is 1. The molecule has 2 rings (SSSR count). The normalized spacial score (nSPS) is 10.8. The number of anilines is 1. The number of nitriles is 1. The Kier molecular flexibility index (Phi) is 8.12. The van der Waals surface area contributed by atoms with Gasteiger partial charge < -0.3 is 10.1 Å². The molecule has 0 radical (unpaired) electrons. The van der Waals surface area contributed by atoms with Crippen LogP contribution in [-0.4, -0.2) is 22.6 Å². The highest BCUT2D eigenvalue weighted by Gasteiger charge is 2.34. The Morgan fingerprint density at radius 1 is 1.27 bits per heavy atom. The molecule has 0 saturated heterocycles. The molecule has 1 aromatic heterocycles. The first-order valence-corrected chi connectivity index (χ1v) is 9.47. The zero-order valence-electron chi connectivity index (χ0n) is 16.0. The van der Waals surface area contributed by atoms with Crippen LogP contribution in [0.15, 0.2) is 36.7 Å². The van der Waals surface area contributed by atoms with Gasteiger partial charge in [-0.1, -0.05) is 19.8 Å². The summed E-state index contributed by atoms with van der Waals surface area (Å²) in [5.74, 6) is -0.914. The summed E-state index contributed by atoms with van der Waals surface area (Å²) in [7, 11) is 0. The molecule has 2 N–H and O–H groups in total. The van der Waals surface area contributed by atoms with Crippen molar-refractivity contribution in [3.05, 3.63) is 53.3 Å². The third-order valence-corrected chi connectivity index (χ3v) is 4.11. The van der Waals surface area contributed by atoms with Crippen molar-refractivity contribution in [2.45, 2.75) is 32.4 Å². The van der Waals surface area contributed by atoms with Crippen molar-refractivity contribution in [1.29, 1.82) is 5.26 Å². The molecular weight excluding hydrogens is 417 g/mol. The second-order valence-electron chi connectivity index (χ2n) is 6.25. The van der Waals surface area contributed by atoms with Crippen LogP contribution in [-0.2, 0) is 6.18 Å². The fourth-order valence-corrected chi connectivity index (χ4v) is 2.66. The quantitative estimate of drug-likeness (QED) is 0.485. The topological polar surface area (TPSA) is 87.0 Å². The summed E-state index contributed by atoms with van der Waals surface area (Å²) in [5.41, 5.74) is -0.627. The first kappa shape index (κ1) is 23.1. The minimum Gasteiger partial charge on any atom is -0.493 e. The number of hydrogen-bond donors (Lipinski definition) is 2. The van der Waals surface area contributed by atoms with Crippen molar-refractivity contribution < 1.29 is 22.7 Å². The number of amides is 1. The standard InChI is InChI=1S/C20H19F3N4O2S/c1-2-3-4-7-29-17-6-5-15(9-16(17)20(21,22)23)26-19(30)27-18(28)14-8-13(10-24)11-25-12-14/h5-6,8-9,11-12H,2-4,7H2,1H3,(H2,26,27,28,30). The molecule has 1 heterocycles. The third kappa shape index (κ3) is 6.70. The maximum absolute atomic E-state index is 13.4. The van der Waals surface area contributed by atoms with Crippen LogP contribution < -0.4 is 15.4 Å². The Bertz CT molecular complexity index is 958. The number of nitrogens with one attached hydrogen (secondary N) is 2. The smallest absolute Gasteiger partial charge is 0.420 e. The Morgan fingerprint density at radius 3 is 2.70 bits per heavy atom. The number of aromatic nitrogens is 1. The van der Waals surface area contributed by atoms with E-state index in [9.17, 15) is 18.0 Å². The molecule has 6 nitrogen and oxygen atoms in total. The van der Waals surface area contributed by atoms with Crippen molar-refractivity contribution in [3.8, 4) is 11.8 Å². The van der Waals surface area contributed by atoms with Gasteiger partial charge in [0.2, 0.25) is 0 Å². The van der Waals surface area contributed by atoms with Crippen LogP contribution in [0.3, 0.4) is 0 Å². The minimum atomic E-state index is -4.62. The number of ether oxygens (including phenoxy) is 1. The van der Waals surface area contributed by atoms with Gasteiger partial charge in [0, 0.05) is 18.1 Å². The Morgan fingerprint density at radius 2 is 2.03 bits per heavy atom. The molecule has 0 unspecified atom stereocenters. The SMILES string of the molecule is CCCCCOc1ccc(NC(=S)NC(=O)c2cncc(C#N)c2)cc1C(F)(F)F. The molecule has 1 aromatic carbocycles. The van der Waals surface area contributed by atoms with Crippen molar-refractivity contribution in [2.24, 2.45) is 0 Å². The van der Waals surface area contributed by atoms with Gasteiger partial charge in [-0.2, -0.15) is 18.4 Å². The van der Waals surface area contributed by atoms with Gasteiger partial charge in [-0.3, -0.25) is 15.1 Å². The van der Waals surface area contributed by atoms with E-state index in [1.54, 1.807) is 0 Å². The van der Waals surface area contributed by atoms with Gasteiger partial charge >= 0.3 is 6.18 Å². The molecule has 0 aliphatic carbocycles. The van der Waals surface area contributed by atoms with Gasteiger partial charge in [-0.15, -0.1) is 0 Å². The molecule has 2 aromatic rings. The second kappa shape index (κ2) is 10.5. The molecule has 1 amide bonds. The molecule has 0 bridgehead atoms. The largest absolute Gasteiger partial charge is 0.493 e. The Balaban J connectivity index is 2.08. The lowest BCUT2D eigenvalue weighted by Gasteiger charge is -2.16. The van der Waals surface area contributed by atoms with E-state index in [0.717, 1.165) is 18.9 Å². The van der Waals surface area contributed by atoms with Crippen LogP contribution in [0.4, 0.5) is 18.9 Å². The lowest BCUT2D eigenvalue weighted by molar-refractivity contribution is -0.138. The highest BCUT2D eigenvalue weighted by atomic mass is 32.1. The number of pyridine rings is 1. The van der Waals surface area contributed by atoms with Crippen LogP contribution in [0.1, 0.15) is 47.7 Å². The second-order valence-corrected chi connectivity index (χ2v) is 6.65. The third-order valence-electron chi connectivity index (χ3n) is 3.90. The lowest BCUT2D eigenvalue weighted by atomic mass is 10.1. The molecule has 10 heteroatoms. The lowest BCUT2D eigenvalue weighted by Crippen LogP contribution is -2.34. The van der Waals surface area contributed by atoms with Gasteiger partial charge in [0.05, 0.1) is 23.3 Å². The van der Waals surface area contributed by atoms with E-state index in [1.165, 1.54) is 30.6 Å². The van der Waals surface area contributed by atoms with Crippen molar-refractivity contribution in [2.75, 3.05) is 11.9 Å². The monoisotopic (exact) mass is 436 g/mol. The van der Waals surface area contributed by atoms with Gasteiger partial charge in [-0.05, 0) is 42.9 Å². The van der Waals surface area contributed by atoms with Crippen molar-refractivity contribution in [3.63, 3.8) is 0 Å². The number of unbranched alkanes of at least 4 members (excludes halogenated alkanes) is 2. The number of rotatable bonds is 7. The maximum atomic E-state index is 13.4. The van der Waals surface area contributed by atoms with E-state index in [1.807, 2.05) is 13.0 Å². The maximum Gasteiger partial charge on any atom is 0.420 e. The van der Waals surface area contributed by atoms with Gasteiger partial charge in [0.15, 0.2) is 5.11 Å². The van der Waals surface area contributed by atoms with Crippen LogP contribution in [0.2, 0.25) is 0 Å². The summed E-state index contributed by atoms with van der Waals surface area (Å²) >= 11 is 5.00.